The van der Waals surface area contributed by atoms with E-state index < -0.39 is 6.23 Å². The molecule has 176 valence electrons. The molecule has 35 heavy (non-hydrogen) atoms. The summed E-state index contributed by atoms with van der Waals surface area (Å²) in [5.74, 6) is 1.15. The van der Waals surface area contributed by atoms with Crippen LogP contribution in [0.3, 0.4) is 0 Å². The van der Waals surface area contributed by atoms with E-state index in [4.69, 9.17) is 14.2 Å². The molecule has 0 bridgehead atoms. The van der Waals surface area contributed by atoms with Crippen LogP contribution in [-0.2, 0) is 0 Å². The highest BCUT2D eigenvalue weighted by atomic mass is 32.2. The highest BCUT2D eigenvalue weighted by molar-refractivity contribution is 7.98. The normalized spacial score (nSPS) is 14.3. The van der Waals surface area contributed by atoms with Gasteiger partial charge in [-0.25, -0.2) is 0 Å². The Morgan fingerprint density at radius 1 is 0.943 bits per heavy atom. The van der Waals surface area contributed by atoms with Crippen molar-refractivity contribution in [2.75, 3.05) is 25.4 Å². The van der Waals surface area contributed by atoms with Crippen LogP contribution in [0.4, 0.5) is 5.69 Å². The van der Waals surface area contributed by atoms with Crippen LogP contribution in [0.1, 0.15) is 22.1 Å². The van der Waals surface area contributed by atoms with Crippen molar-refractivity contribution in [1.82, 2.24) is 15.2 Å². The first kappa shape index (κ1) is 22.7. The predicted molar refractivity (Wildman–Crippen MR) is 133 cm³/mol. The van der Waals surface area contributed by atoms with E-state index in [0.717, 1.165) is 0 Å². The smallest absolute Gasteiger partial charge is 0.261 e. The monoisotopic (exact) mass is 486 g/mol. The van der Waals surface area contributed by atoms with Gasteiger partial charge in [-0.2, -0.15) is 4.98 Å². The van der Waals surface area contributed by atoms with Crippen molar-refractivity contribution in [3.8, 4) is 28.6 Å². The van der Waals surface area contributed by atoms with Crippen LogP contribution in [-0.4, -0.2) is 41.6 Å². The molecule has 1 amide bonds. The Balaban J connectivity index is 1.76. The fourth-order valence-electron chi connectivity index (χ4n) is 3.96. The first-order valence-corrected chi connectivity index (χ1v) is 12.0. The lowest BCUT2D eigenvalue weighted by atomic mass is 10.1. The Hall–Kier alpha value is -4.11. The summed E-state index contributed by atoms with van der Waals surface area (Å²) in [6, 6.07) is 22.0. The quantitative estimate of drug-likeness (QED) is 0.364. The zero-order valence-corrected chi connectivity index (χ0v) is 20.2. The molecule has 0 saturated carbocycles. The summed E-state index contributed by atoms with van der Waals surface area (Å²) in [4.78, 5) is 20.2. The molecule has 1 aliphatic rings. The van der Waals surface area contributed by atoms with Gasteiger partial charge in [0.05, 0.1) is 19.9 Å². The molecule has 1 unspecified atom stereocenters. The second-order valence-corrected chi connectivity index (χ2v) is 8.37. The molecule has 1 aliphatic heterocycles. The maximum atomic E-state index is 14.0. The standard InChI is InChI=1S/C26H22N4O4S/c1-32-20-14-13-17(15-21(20)33-2)25-30(24(31)16-9-5-4-6-10-16)19-12-8-7-11-18(19)22-23(34-25)27-26(35-3)29-28-22/h4-15,25H,1-3H3. The molecule has 0 fully saturated rings. The molecule has 3 aromatic carbocycles. The Morgan fingerprint density at radius 2 is 1.69 bits per heavy atom. The van der Waals surface area contributed by atoms with Gasteiger partial charge < -0.3 is 14.2 Å². The second-order valence-electron chi connectivity index (χ2n) is 7.60. The van der Waals surface area contributed by atoms with Crippen LogP contribution < -0.4 is 19.1 Å². The van der Waals surface area contributed by atoms with E-state index in [9.17, 15) is 4.79 Å². The zero-order chi connectivity index (χ0) is 24.4. The van der Waals surface area contributed by atoms with Gasteiger partial charge in [0.1, 0.15) is 0 Å². The average Bonchev–Trinajstić information content (AvgIpc) is 3.07. The Bertz CT molecular complexity index is 1380. The summed E-state index contributed by atoms with van der Waals surface area (Å²) in [7, 11) is 3.14. The van der Waals surface area contributed by atoms with Gasteiger partial charge in [0.25, 0.3) is 5.91 Å². The minimum absolute atomic E-state index is 0.233. The SMILES string of the molecule is COc1ccc(C2Oc3nc(SC)nnc3-c3ccccc3N2C(=O)c2ccccc2)cc1OC. The van der Waals surface area contributed by atoms with Crippen molar-refractivity contribution in [3.05, 3.63) is 83.9 Å². The van der Waals surface area contributed by atoms with Gasteiger partial charge in [-0.1, -0.05) is 48.2 Å². The number of para-hydroxylation sites is 1. The van der Waals surface area contributed by atoms with E-state index in [-0.39, 0.29) is 5.91 Å². The van der Waals surface area contributed by atoms with Gasteiger partial charge >= 0.3 is 0 Å². The molecule has 5 rings (SSSR count). The third-order valence-electron chi connectivity index (χ3n) is 5.63. The van der Waals surface area contributed by atoms with Crippen molar-refractivity contribution in [2.24, 2.45) is 0 Å². The molecule has 0 saturated heterocycles. The maximum Gasteiger partial charge on any atom is 0.261 e. The number of hydrogen-bond donors (Lipinski definition) is 0. The number of carbonyl (C=O) groups excluding carboxylic acids is 1. The van der Waals surface area contributed by atoms with Crippen LogP contribution in [0.2, 0.25) is 0 Å². The summed E-state index contributed by atoms with van der Waals surface area (Å²) in [6.07, 6.45) is 1.00. The number of amides is 1. The third-order valence-corrected chi connectivity index (χ3v) is 6.16. The molecule has 1 atom stereocenters. The molecule has 4 aromatic rings. The summed E-state index contributed by atoms with van der Waals surface area (Å²) in [5, 5.41) is 9.08. The van der Waals surface area contributed by atoms with Crippen molar-refractivity contribution in [1.29, 1.82) is 0 Å². The van der Waals surface area contributed by atoms with Gasteiger partial charge in [-0.3, -0.25) is 9.69 Å². The average molecular weight is 487 g/mol. The van der Waals surface area contributed by atoms with Gasteiger partial charge in [0, 0.05) is 16.7 Å². The topological polar surface area (TPSA) is 86.7 Å². The van der Waals surface area contributed by atoms with E-state index in [0.29, 0.717) is 50.6 Å². The maximum absolute atomic E-state index is 14.0. The number of benzene rings is 3. The molecule has 0 N–H and O–H groups in total. The Morgan fingerprint density at radius 3 is 2.43 bits per heavy atom. The molecule has 1 aromatic heterocycles. The highest BCUT2D eigenvalue weighted by Gasteiger charge is 2.36. The van der Waals surface area contributed by atoms with E-state index >= 15 is 0 Å². The number of methoxy groups -OCH3 is 2. The minimum atomic E-state index is -0.865. The van der Waals surface area contributed by atoms with Gasteiger partial charge in [-0.05, 0) is 42.7 Å². The summed E-state index contributed by atoms with van der Waals surface area (Å²) in [5.41, 5.74) is 2.99. The number of carbonyl (C=O) groups is 1. The van der Waals surface area contributed by atoms with Crippen LogP contribution in [0.25, 0.3) is 11.3 Å². The number of hydrogen-bond acceptors (Lipinski definition) is 8. The second kappa shape index (κ2) is 9.63. The molecular weight excluding hydrogens is 464 g/mol. The van der Waals surface area contributed by atoms with Gasteiger partial charge in [-0.15, -0.1) is 10.2 Å². The first-order valence-electron chi connectivity index (χ1n) is 10.8. The lowest BCUT2D eigenvalue weighted by Gasteiger charge is -2.31. The van der Waals surface area contributed by atoms with Crippen molar-refractivity contribution in [3.63, 3.8) is 0 Å². The van der Waals surface area contributed by atoms with Crippen LogP contribution in [0, 0.1) is 0 Å². The molecular formula is C26H22N4O4S. The molecule has 2 heterocycles. The highest BCUT2D eigenvalue weighted by Crippen LogP contribution is 2.44. The number of fused-ring (bicyclic) bond motifs is 3. The number of rotatable bonds is 5. The predicted octanol–water partition coefficient (Wildman–Crippen LogP) is 5.02. The molecule has 0 spiro atoms. The number of aromatic nitrogens is 3. The van der Waals surface area contributed by atoms with Crippen LogP contribution in [0.15, 0.2) is 78.0 Å². The van der Waals surface area contributed by atoms with Crippen molar-refractivity contribution in [2.45, 2.75) is 11.4 Å². The van der Waals surface area contributed by atoms with Crippen LogP contribution >= 0.6 is 11.8 Å². The molecule has 0 radical (unpaired) electrons. The fraction of sp³-hybridized carbons (Fsp3) is 0.154. The molecule has 8 nitrogen and oxygen atoms in total. The van der Waals surface area contributed by atoms with E-state index in [1.165, 1.54) is 11.8 Å². The Kier molecular flexibility index (Phi) is 6.24. The molecule has 9 heteroatoms. The number of nitrogens with zero attached hydrogens (tertiary/aromatic N) is 4. The summed E-state index contributed by atoms with van der Waals surface area (Å²) >= 11 is 1.36. The lowest BCUT2D eigenvalue weighted by molar-refractivity contribution is 0.0909. The van der Waals surface area contributed by atoms with Gasteiger partial charge in [0.2, 0.25) is 17.3 Å². The Labute approximate surface area is 206 Å². The number of ether oxygens (including phenoxy) is 3. The third kappa shape index (κ3) is 4.15. The van der Waals surface area contributed by atoms with Crippen molar-refractivity contribution < 1.29 is 19.0 Å². The fourth-order valence-corrected chi connectivity index (χ4v) is 4.26. The summed E-state index contributed by atoms with van der Waals surface area (Å²) in [6.45, 7) is 0. The minimum Gasteiger partial charge on any atom is -0.493 e. The van der Waals surface area contributed by atoms with E-state index in [2.05, 4.69) is 15.2 Å². The van der Waals surface area contributed by atoms with Crippen LogP contribution in [0.5, 0.6) is 17.4 Å². The van der Waals surface area contributed by atoms with Crippen molar-refractivity contribution >= 4 is 23.4 Å². The zero-order valence-electron chi connectivity index (χ0n) is 19.3. The number of anilines is 1. The first-order chi connectivity index (χ1) is 17.1. The summed E-state index contributed by atoms with van der Waals surface area (Å²) < 4.78 is 17.4. The molecule has 0 aliphatic carbocycles. The van der Waals surface area contributed by atoms with E-state index in [1.54, 1.807) is 43.4 Å². The lowest BCUT2D eigenvalue weighted by Crippen LogP contribution is -2.37. The largest absolute Gasteiger partial charge is 0.493 e. The van der Waals surface area contributed by atoms with Gasteiger partial charge in [0.15, 0.2) is 17.2 Å². The number of thioether (sulfide) groups is 1. The van der Waals surface area contributed by atoms with E-state index in [1.807, 2.05) is 54.8 Å².